The highest BCUT2D eigenvalue weighted by molar-refractivity contribution is 7.90. The van der Waals surface area contributed by atoms with Gasteiger partial charge >= 0.3 is 5.97 Å². The van der Waals surface area contributed by atoms with E-state index in [1.54, 1.807) is 49.4 Å². The number of nitrogens with zero attached hydrogens (tertiary/aromatic N) is 2. The summed E-state index contributed by atoms with van der Waals surface area (Å²) in [6.07, 6.45) is 2.33. The number of hydrogen-bond donors (Lipinski definition) is 1. The van der Waals surface area contributed by atoms with Gasteiger partial charge in [-0.2, -0.15) is 0 Å². The van der Waals surface area contributed by atoms with Gasteiger partial charge in [0.15, 0.2) is 0 Å². The van der Waals surface area contributed by atoms with Gasteiger partial charge in [0.25, 0.3) is 15.9 Å². The highest BCUT2D eigenvalue weighted by Crippen LogP contribution is 2.29. The van der Waals surface area contributed by atoms with E-state index in [1.165, 1.54) is 10.2 Å². The van der Waals surface area contributed by atoms with E-state index in [-0.39, 0.29) is 36.3 Å². The third kappa shape index (κ3) is 3.84. The summed E-state index contributed by atoms with van der Waals surface area (Å²) >= 11 is 0. The van der Waals surface area contributed by atoms with E-state index >= 15 is 0 Å². The Bertz CT molecular complexity index is 1270. The predicted molar refractivity (Wildman–Crippen MR) is 118 cm³/mol. The first-order valence-corrected chi connectivity index (χ1v) is 11.9. The van der Waals surface area contributed by atoms with Crippen molar-refractivity contribution in [2.24, 2.45) is 0 Å². The van der Waals surface area contributed by atoms with Crippen molar-refractivity contribution < 1.29 is 22.7 Å². The van der Waals surface area contributed by atoms with Gasteiger partial charge in [0.05, 0.1) is 17.1 Å². The molecule has 1 aliphatic heterocycles. The largest absolute Gasteiger partial charge is 0.465 e. The van der Waals surface area contributed by atoms with Gasteiger partial charge < -0.3 is 14.6 Å². The summed E-state index contributed by atoms with van der Waals surface area (Å²) in [5.74, 6) is -0.586. The Morgan fingerprint density at radius 1 is 1.16 bits per heavy atom. The minimum Gasteiger partial charge on any atom is -0.465 e. The average Bonchev–Trinajstić information content (AvgIpc) is 3.35. The van der Waals surface area contributed by atoms with Crippen LogP contribution in [0.15, 0.2) is 53.6 Å². The van der Waals surface area contributed by atoms with Crippen LogP contribution in [-0.2, 0) is 38.9 Å². The number of benzene rings is 1. The molecule has 1 aromatic carbocycles. The Morgan fingerprint density at radius 3 is 2.62 bits per heavy atom. The predicted octanol–water partition coefficient (Wildman–Crippen LogP) is 2.27. The zero-order valence-electron chi connectivity index (χ0n) is 18.0. The molecule has 1 amide bonds. The van der Waals surface area contributed by atoms with E-state index in [0.717, 1.165) is 11.4 Å². The summed E-state index contributed by atoms with van der Waals surface area (Å²) in [6.45, 7) is 4.36. The second-order valence-corrected chi connectivity index (χ2v) is 9.39. The van der Waals surface area contributed by atoms with Crippen LogP contribution in [0.3, 0.4) is 0 Å². The summed E-state index contributed by atoms with van der Waals surface area (Å²) < 4.78 is 34.5. The fraction of sp³-hybridized carbons (Fsp3) is 0.304. The lowest BCUT2D eigenvalue weighted by molar-refractivity contribution is -0.143. The number of fused-ring (bicyclic) bond motifs is 1. The van der Waals surface area contributed by atoms with Crippen LogP contribution in [-0.4, -0.2) is 42.0 Å². The van der Waals surface area contributed by atoms with Crippen LogP contribution in [0.2, 0.25) is 0 Å². The van der Waals surface area contributed by atoms with Crippen LogP contribution >= 0.6 is 0 Å². The fourth-order valence-electron chi connectivity index (χ4n) is 4.19. The SMILES string of the molecule is CCOC(=O)Cn1c(C)c(Cc2cccn2S(=O)(=O)c2ccccc2)c2c1CCNC2=O. The molecular weight excluding hydrogens is 430 g/mol. The van der Waals surface area contributed by atoms with Crippen molar-refractivity contribution in [2.45, 2.75) is 38.1 Å². The number of amides is 1. The molecule has 4 rings (SSSR count). The van der Waals surface area contributed by atoms with Crippen LogP contribution in [0.4, 0.5) is 0 Å². The molecule has 0 aliphatic carbocycles. The van der Waals surface area contributed by atoms with Crippen LogP contribution in [0, 0.1) is 6.92 Å². The second kappa shape index (κ2) is 8.66. The van der Waals surface area contributed by atoms with Gasteiger partial charge in [0, 0.05) is 42.7 Å². The zero-order valence-corrected chi connectivity index (χ0v) is 18.8. The summed E-state index contributed by atoms with van der Waals surface area (Å²) in [5, 5.41) is 2.85. The Labute approximate surface area is 186 Å². The summed E-state index contributed by atoms with van der Waals surface area (Å²) in [5.41, 5.74) is 3.29. The average molecular weight is 456 g/mol. The van der Waals surface area contributed by atoms with E-state index < -0.39 is 10.0 Å². The van der Waals surface area contributed by atoms with Crippen molar-refractivity contribution in [1.29, 1.82) is 0 Å². The zero-order chi connectivity index (χ0) is 22.9. The maximum atomic E-state index is 13.2. The lowest BCUT2D eigenvalue weighted by atomic mass is 10.00. The van der Waals surface area contributed by atoms with E-state index in [9.17, 15) is 18.0 Å². The van der Waals surface area contributed by atoms with Gasteiger partial charge in [0.2, 0.25) is 0 Å². The molecule has 0 radical (unpaired) electrons. The number of carbonyl (C=O) groups excluding carboxylic acids is 2. The Morgan fingerprint density at radius 2 is 1.91 bits per heavy atom. The number of aromatic nitrogens is 2. The van der Waals surface area contributed by atoms with Gasteiger partial charge in [-0.25, -0.2) is 12.4 Å². The van der Waals surface area contributed by atoms with Gasteiger partial charge in [-0.3, -0.25) is 9.59 Å². The number of rotatable bonds is 7. The molecule has 3 heterocycles. The topological polar surface area (TPSA) is 99.4 Å². The molecule has 0 spiro atoms. The van der Waals surface area contributed by atoms with Crippen molar-refractivity contribution in [3.63, 3.8) is 0 Å². The Balaban J connectivity index is 1.77. The molecule has 8 nitrogen and oxygen atoms in total. The Kier molecular flexibility index (Phi) is 5.92. The van der Waals surface area contributed by atoms with Crippen molar-refractivity contribution in [1.82, 2.24) is 13.9 Å². The molecule has 0 saturated heterocycles. The number of hydrogen-bond acceptors (Lipinski definition) is 5. The molecule has 1 N–H and O–H groups in total. The third-order valence-electron chi connectivity index (χ3n) is 5.68. The first kappa shape index (κ1) is 21.9. The molecule has 9 heteroatoms. The maximum absolute atomic E-state index is 13.2. The molecule has 32 heavy (non-hydrogen) atoms. The molecule has 0 bridgehead atoms. The lowest BCUT2D eigenvalue weighted by Crippen LogP contribution is -2.33. The van der Waals surface area contributed by atoms with Crippen LogP contribution in [0.1, 0.15) is 39.9 Å². The quantitative estimate of drug-likeness (QED) is 0.551. The minimum absolute atomic E-state index is 0.0125. The molecule has 0 saturated carbocycles. The molecule has 1 aliphatic rings. The van der Waals surface area contributed by atoms with E-state index in [4.69, 9.17) is 4.74 Å². The highest BCUT2D eigenvalue weighted by atomic mass is 32.2. The second-order valence-electron chi connectivity index (χ2n) is 7.57. The summed E-state index contributed by atoms with van der Waals surface area (Å²) in [6, 6.07) is 11.6. The van der Waals surface area contributed by atoms with Crippen molar-refractivity contribution in [2.75, 3.05) is 13.2 Å². The molecule has 0 fully saturated rings. The van der Waals surface area contributed by atoms with Gasteiger partial charge in [0.1, 0.15) is 6.54 Å². The van der Waals surface area contributed by atoms with Crippen molar-refractivity contribution in [3.05, 3.63) is 76.9 Å². The molecule has 2 aromatic heterocycles. The first-order chi connectivity index (χ1) is 15.3. The van der Waals surface area contributed by atoms with E-state index in [0.29, 0.717) is 29.8 Å². The van der Waals surface area contributed by atoms with Gasteiger partial charge in [-0.05, 0) is 43.7 Å². The molecule has 0 unspecified atom stereocenters. The minimum atomic E-state index is -3.78. The lowest BCUT2D eigenvalue weighted by Gasteiger charge is -2.17. The molecule has 3 aromatic rings. The monoisotopic (exact) mass is 455 g/mol. The summed E-state index contributed by atoms with van der Waals surface area (Å²) in [4.78, 5) is 25.1. The smallest absolute Gasteiger partial charge is 0.325 e. The summed E-state index contributed by atoms with van der Waals surface area (Å²) in [7, 11) is -3.78. The van der Waals surface area contributed by atoms with Crippen LogP contribution in [0.5, 0.6) is 0 Å². The normalized spacial score (nSPS) is 13.5. The standard InChI is InChI=1S/C23H25N3O5S/c1-3-31-21(27)15-25-16(2)19(22-20(25)11-12-24-23(22)28)14-17-8-7-13-26(17)32(29,30)18-9-5-4-6-10-18/h4-10,13H,3,11-12,14-15H2,1-2H3,(H,24,28). The van der Waals surface area contributed by atoms with Crippen LogP contribution < -0.4 is 5.32 Å². The Hall–Kier alpha value is -3.33. The van der Waals surface area contributed by atoms with E-state index in [2.05, 4.69) is 5.32 Å². The molecular formula is C23H25N3O5S. The first-order valence-electron chi connectivity index (χ1n) is 10.5. The third-order valence-corrected chi connectivity index (χ3v) is 7.42. The van der Waals surface area contributed by atoms with Crippen molar-refractivity contribution in [3.8, 4) is 0 Å². The highest BCUT2D eigenvalue weighted by Gasteiger charge is 2.30. The number of nitrogens with one attached hydrogen (secondary N) is 1. The maximum Gasteiger partial charge on any atom is 0.325 e. The number of carbonyl (C=O) groups is 2. The van der Waals surface area contributed by atoms with Gasteiger partial charge in [-0.15, -0.1) is 0 Å². The van der Waals surface area contributed by atoms with E-state index in [1.807, 2.05) is 11.5 Å². The fourth-order valence-corrected chi connectivity index (χ4v) is 5.59. The van der Waals surface area contributed by atoms with Crippen molar-refractivity contribution >= 4 is 21.9 Å². The number of esters is 1. The molecule has 0 atom stereocenters. The van der Waals surface area contributed by atoms with Gasteiger partial charge in [-0.1, -0.05) is 18.2 Å². The van der Waals surface area contributed by atoms with Crippen LogP contribution in [0.25, 0.3) is 0 Å². The molecule has 168 valence electrons. The number of ether oxygens (including phenoxy) is 1.